The average Bonchev–Trinajstić information content (AvgIpc) is 3.46. The molecular formula is C27H28FN7O2. The van der Waals surface area contributed by atoms with Gasteiger partial charge in [0.25, 0.3) is 5.56 Å². The first-order valence-corrected chi connectivity index (χ1v) is 12.8. The number of nitrogens with two attached hydrogens (primary N) is 1. The number of halogens is 1. The van der Waals surface area contributed by atoms with E-state index in [0.29, 0.717) is 38.2 Å². The molecule has 4 aliphatic rings. The Morgan fingerprint density at radius 1 is 1.19 bits per heavy atom. The number of nitrogens with zero attached hydrogens (tertiary/aromatic N) is 6. The molecule has 1 atom stereocenters. The fourth-order valence-corrected chi connectivity index (χ4v) is 6.18. The van der Waals surface area contributed by atoms with Crippen molar-refractivity contribution in [3.05, 3.63) is 75.3 Å². The van der Waals surface area contributed by atoms with E-state index in [1.807, 2.05) is 12.1 Å². The zero-order valence-electron chi connectivity index (χ0n) is 20.7. The molecule has 0 saturated carbocycles. The van der Waals surface area contributed by atoms with Crippen LogP contribution >= 0.6 is 0 Å². The average molecular weight is 502 g/mol. The third kappa shape index (κ3) is 3.31. The van der Waals surface area contributed by atoms with Crippen molar-refractivity contribution in [3.8, 4) is 5.75 Å². The molecule has 2 aromatic heterocycles. The largest absolute Gasteiger partial charge is 0.482 e. The molecule has 2 N–H and O–H groups in total. The summed E-state index contributed by atoms with van der Waals surface area (Å²) in [6.45, 7) is 2.63. The first kappa shape index (κ1) is 22.4. The van der Waals surface area contributed by atoms with Gasteiger partial charge in [-0.2, -0.15) is 0 Å². The van der Waals surface area contributed by atoms with Gasteiger partial charge in [-0.15, -0.1) is 0 Å². The molecule has 0 unspecified atom stereocenters. The Bertz CT molecular complexity index is 1510. The molecule has 0 bridgehead atoms. The number of aromatic nitrogens is 3. The highest BCUT2D eigenvalue weighted by atomic mass is 19.1. The molecule has 1 saturated heterocycles. The number of rotatable bonds is 1. The van der Waals surface area contributed by atoms with Crippen molar-refractivity contribution < 1.29 is 9.13 Å². The van der Waals surface area contributed by atoms with Gasteiger partial charge in [-0.25, -0.2) is 14.4 Å². The fourth-order valence-electron chi connectivity index (χ4n) is 6.18. The summed E-state index contributed by atoms with van der Waals surface area (Å²) >= 11 is 0. The number of piperidine rings is 1. The molecule has 0 amide bonds. The van der Waals surface area contributed by atoms with Crippen LogP contribution in [0, 0.1) is 5.82 Å². The number of benzene rings is 1. The van der Waals surface area contributed by atoms with Crippen LogP contribution in [0.15, 0.2) is 46.4 Å². The van der Waals surface area contributed by atoms with Crippen LogP contribution in [0.5, 0.6) is 5.75 Å². The normalized spacial score (nSPS) is 21.4. The maximum Gasteiger partial charge on any atom is 0.255 e. The van der Waals surface area contributed by atoms with Gasteiger partial charge in [-0.05, 0) is 25.0 Å². The third-order valence-electron chi connectivity index (χ3n) is 8.26. The summed E-state index contributed by atoms with van der Waals surface area (Å²) in [5.74, 6) is 1.52. The number of ether oxygens (including phenoxy) is 1. The summed E-state index contributed by atoms with van der Waals surface area (Å²) in [6.07, 6.45) is 6.60. The number of amidine groups is 1. The van der Waals surface area contributed by atoms with Crippen LogP contribution in [0.2, 0.25) is 0 Å². The zero-order chi connectivity index (χ0) is 25.3. The van der Waals surface area contributed by atoms with E-state index in [4.69, 9.17) is 25.4 Å². The van der Waals surface area contributed by atoms with Gasteiger partial charge in [0, 0.05) is 56.8 Å². The zero-order valence-corrected chi connectivity index (χ0v) is 20.7. The van der Waals surface area contributed by atoms with Crippen LogP contribution in [0.25, 0.3) is 0 Å². The SMILES string of the molecule is Cn1ccc2c(c1=O)CCCN2C1=NCc2nc(N3CCC4(CC3)Oc3c(F)cccc3[C@H]4N)cnc21. The first-order valence-electron chi connectivity index (χ1n) is 12.8. The third-order valence-corrected chi connectivity index (χ3v) is 8.26. The minimum Gasteiger partial charge on any atom is -0.482 e. The second kappa shape index (κ2) is 8.11. The Kier molecular flexibility index (Phi) is 4.91. The fraction of sp³-hybridized carbons (Fsp3) is 0.407. The van der Waals surface area contributed by atoms with Crippen LogP contribution in [0.3, 0.4) is 0 Å². The monoisotopic (exact) mass is 501 g/mol. The topological polar surface area (TPSA) is 102 Å². The highest BCUT2D eigenvalue weighted by Gasteiger charge is 2.49. The van der Waals surface area contributed by atoms with Gasteiger partial charge in [0.1, 0.15) is 17.1 Å². The number of aryl methyl sites for hydroxylation is 1. The minimum absolute atomic E-state index is 0.0436. The smallest absolute Gasteiger partial charge is 0.255 e. The lowest BCUT2D eigenvalue weighted by Crippen LogP contribution is -2.51. The lowest BCUT2D eigenvalue weighted by molar-refractivity contribution is 0.0402. The highest BCUT2D eigenvalue weighted by Crippen LogP contribution is 2.48. The predicted octanol–water partition coefficient (Wildman–Crippen LogP) is 2.46. The summed E-state index contributed by atoms with van der Waals surface area (Å²) in [4.78, 5) is 31.4. The standard InChI is InChI=1S/C27H28FN7O2/c1-33-11-7-20-16(26(33)36)5-3-10-35(20)25-22-19(14-31-25)32-21(15-30-22)34-12-8-27(9-13-34)24(29)17-4-2-6-18(28)23(17)37-27/h2,4,6-7,11,15,24H,3,5,8-10,12-14,29H2,1H3/t24-/m1/s1. The molecule has 9 nitrogen and oxygen atoms in total. The Hall–Kier alpha value is -3.79. The molecule has 3 aromatic rings. The first-order chi connectivity index (χ1) is 17.9. The van der Waals surface area contributed by atoms with E-state index >= 15 is 0 Å². The van der Waals surface area contributed by atoms with Crippen molar-refractivity contribution in [3.63, 3.8) is 0 Å². The summed E-state index contributed by atoms with van der Waals surface area (Å²) < 4.78 is 22.1. The van der Waals surface area contributed by atoms with Crippen molar-refractivity contribution in [2.75, 3.05) is 29.4 Å². The molecule has 1 fully saturated rings. The second-order valence-electron chi connectivity index (χ2n) is 10.3. The maximum atomic E-state index is 14.3. The quantitative estimate of drug-likeness (QED) is 0.547. The van der Waals surface area contributed by atoms with Gasteiger partial charge < -0.3 is 24.8 Å². The molecule has 37 heavy (non-hydrogen) atoms. The number of hydrogen-bond donors (Lipinski definition) is 1. The lowest BCUT2D eigenvalue weighted by atomic mass is 9.83. The molecular weight excluding hydrogens is 473 g/mol. The van der Waals surface area contributed by atoms with E-state index < -0.39 is 5.60 Å². The van der Waals surface area contributed by atoms with E-state index in [2.05, 4.69) is 9.80 Å². The summed E-state index contributed by atoms with van der Waals surface area (Å²) in [6, 6.07) is 6.59. The molecule has 1 spiro atoms. The second-order valence-corrected chi connectivity index (χ2v) is 10.3. The van der Waals surface area contributed by atoms with Gasteiger partial charge in [0.2, 0.25) is 0 Å². The Morgan fingerprint density at radius 3 is 2.84 bits per heavy atom. The van der Waals surface area contributed by atoms with Crippen molar-refractivity contribution >= 4 is 17.3 Å². The molecule has 6 heterocycles. The molecule has 10 heteroatoms. The van der Waals surface area contributed by atoms with E-state index in [-0.39, 0.29) is 17.4 Å². The number of hydrogen-bond acceptors (Lipinski definition) is 8. The van der Waals surface area contributed by atoms with Gasteiger partial charge in [-0.1, -0.05) is 12.1 Å². The molecule has 7 rings (SSSR count). The predicted molar refractivity (Wildman–Crippen MR) is 138 cm³/mol. The van der Waals surface area contributed by atoms with E-state index in [1.54, 1.807) is 30.1 Å². The van der Waals surface area contributed by atoms with Crippen molar-refractivity contribution in [1.82, 2.24) is 14.5 Å². The van der Waals surface area contributed by atoms with Crippen LogP contribution in [-0.2, 0) is 20.0 Å². The summed E-state index contributed by atoms with van der Waals surface area (Å²) in [5, 5.41) is 0. The number of aliphatic imine (C=N–C) groups is 1. The van der Waals surface area contributed by atoms with E-state index in [0.717, 1.165) is 59.2 Å². The molecule has 1 aromatic carbocycles. The van der Waals surface area contributed by atoms with Crippen LogP contribution < -0.4 is 25.8 Å². The van der Waals surface area contributed by atoms with E-state index in [9.17, 15) is 9.18 Å². The summed E-state index contributed by atoms with van der Waals surface area (Å²) in [5.41, 5.74) is 10.1. The number of fused-ring (bicyclic) bond motifs is 3. The van der Waals surface area contributed by atoms with Gasteiger partial charge in [-0.3, -0.25) is 9.79 Å². The van der Waals surface area contributed by atoms with Crippen molar-refractivity contribution in [1.29, 1.82) is 0 Å². The Morgan fingerprint density at radius 2 is 2.03 bits per heavy atom. The van der Waals surface area contributed by atoms with Gasteiger partial charge in [0.05, 0.1) is 30.2 Å². The highest BCUT2D eigenvalue weighted by molar-refractivity contribution is 6.11. The van der Waals surface area contributed by atoms with Gasteiger partial charge >= 0.3 is 0 Å². The van der Waals surface area contributed by atoms with Crippen molar-refractivity contribution in [2.24, 2.45) is 17.8 Å². The number of pyridine rings is 1. The molecule has 0 radical (unpaired) electrons. The Balaban J connectivity index is 1.10. The van der Waals surface area contributed by atoms with Crippen molar-refractivity contribution in [2.45, 2.75) is 43.9 Å². The number of para-hydroxylation sites is 1. The lowest BCUT2D eigenvalue weighted by Gasteiger charge is -2.41. The van der Waals surface area contributed by atoms with E-state index in [1.165, 1.54) is 6.07 Å². The Labute approximate surface area is 213 Å². The number of anilines is 2. The molecule has 4 aliphatic heterocycles. The molecule has 190 valence electrons. The van der Waals surface area contributed by atoms with Crippen LogP contribution in [0.4, 0.5) is 15.9 Å². The molecule has 0 aliphatic carbocycles. The summed E-state index contributed by atoms with van der Waals surface area (Å²) in [7, 11) is 1.78. The van der Waals surface area contributed by atoms with Gasteiger partial charge in [0.15, 0.2) is 17.4 Å². The van der Waals surface area contributed by atoms with Crippen LogP contribution in [-0.4, -0.2) is 45.6 Å². The maximum absolute atomic E-state index is 14.3. The minimum atomic E-state index is -0.597. The van der Waals surface area contributed by atoms with Crippen LogP contribution in [0.1, 0.15) is 47.8 Å².